The molecule has 4 aromatic rings. The van der Waals surface area contributed by atoms with Crippen LogP contribution in [0, 0.1) is 6.92 Å². The Bertz CT molecular complexity index is 1410. The van der Waals surface area contributed by atoms with Gasteiger partial charge in [-0.2, -0.15) is 9.78 Å². The summed E-state index contributed by atoms with van der Waals surface area (Å²) >= 11 is 0. The van der Waals surface area contributed by atoms with Gasteiger partial charge >= 0.3 is 6.03 Å². The molecule has 0 radical (unpaired) electrons. The molecule has 5 rings (SSSR count). The van der Waals surface area contributed by atoms with Crippen molar-refractivity contribution in [2.75, 3.05) is 5.32 Å². The van der Waals surface area contributed by atoms with Crippen LogP contribution in [0.5, 0.6) is 5.75 Å². The van der Waals surface area contributed by atoms with Crippen molar-refractivity contribution in [2.24, 2.45) is 7.05 Å². The fourth-order valence-electron chi connectivity index (χ4n) is 4.15. The number of carbonyl (C=O) groups excluding carboxylic acids is 2. The molecule has 8 heteroatoms. The molecule has 1 saturated carbocycles. The number of carbonyl (C=O) groups is 2. The first-order chi connectivity index (χ1) is 16.9. The number of aryl methyl sites for hydroxylation is 2. The van der Waals surface area contributed by atoms with Crippen LogP contribution in [-0.4, -0.2) is 31.4 Å². The molecule has 0 spiro atoms. The second kappa shape index (κ2) is 9.13. The summed E-state index contributed by atoms with van der Waals surface area (Å²) in [6.45, 7) is 2.41. The number of nitrogens with zero attached hydrogens (tertiary/aromatic N) is 3. The molecule has 2 aromatic heterocycles. The third-order valence-corrected chi connectivity index (χ3v) is 6.16. The molecule has 2 heterocycles. The molecule has 8 nitrogen and oxygen atoms in total. The number of aromatic hydroxyl groups is 1. The van der Waals surface area contributed by atoms with Crippen molar-refractivity contribution in [3.63, 3.8) is 0 Å². The zero-order chi connectivity index (χ0) is 24.5. The first-order valence-electron chi connectivity index (χ1n) is 11.6. The number of benzene rings is 2. The summed E-state index contributed by atoms with van der Waals surface area (Å²) in [5.41, 5.74) is 4.93. The molecule has 0 saturated heterocycles. The molecule has 35 heavy (non-hydrogen) atoms. The third kappa shape index (κ3) is 4.82. The van der Waals surface area contributed by atoms with E-state index in [2.05, 4.69) is 15.7 Å². The maximum atomic E-state index is 13.0. The van der Waals surface area contributed by atoms with Gasteiger partial charge in [0, 0.05) is 37.0 Å². The first-order valence-corrected chi connectivity index (χ1v) is 11.6. The van der Waals surface area contributed by atoms with E-state index in [4.69, 9.17) is 0 Å². The number of aromatic nitrogens is 3. The fourth-order valence-corrected chi connectivity index (χ4v) is 4.15. The highest BCUT2D eigenvalue weighted by Gasteiger charge is 2.31. The van der Waals surface area contributed by atoms with Gasteiger partial charge in [0.25, 0.3) is 5.91 Å². The van der Waals surface area contributed by atoms with Crippen LogP contribution in [0.25, 0.3) is 11.3 Å². The topological polar surface area (TPSA) is 101 Å². The van der Waals surface area contributed by atoms with Crippen molar-refractivity contribution < 1.29 is 14.7 Å². The van der Waals surface area contributed by atoms with E-state index >= 15 is 0 Å². The monoisotopic (exact) mass is 469 g/mol. The highest BCUT2D eigenvalue weighted by molar-refractivity contribution is 6.03. The van der Waals surface area contributed by atoms with Crippen LogP contribution in [0.4, 0.5) is 10.5 Å². The molecule has 2 amide bonds. The molecule has 0 unspecified atom stereocenters. The van der Waals surface area contributed by atoms with Gasteiger partial charge in [-0.25, -0.2) is 4.79 Å². The minimum absolute atomic E-state index is 0.0223. The number of anilines is 1. The van der Waals surface area contributed by atoms with Gasteiger partial charge in [-0.3, -0.25) is 4.79 Å². The number of amides is 2. The normalized spacial score (nSPS) is 13.0. The van der Waals surface area contributed by atoms with Gasteiger partial charge in [0.1, 0.15) is 11.4 Å². The van der Waals surface area contributed by atoms with E-state index in [9.17, 15) is 14.7 Å². The third-order valence-electron chi connectivity index (χ3n) is 6.16. The molecule has 1 aliphatic rings. The van der Waals surface area contributed by atoms with Crippen molar-refractivity contribution in [3.05, 3.63) is 89.4 Å². The largest absolute Gasteiger partial charge is 0.507 e. The minimum atomic E-state index is -0.313. The summed E-state index contributed by atoms with van der Waals surface area (Å²) in [6, 6.07) is 17.9. The average Bonchev–Trinajstić information content (AvgIpc) is 3.44. The van der Waals surface area contributed by atoms with Crippen molar-refractivity contribution >= 4 is 17.6 Å². The van der Waals surface area contributed by atoms with Gasteiger partial charge in [0.05, 0.1) is 11.4 Å². The number of nitrogens with one attached hydrogen (secondary N) is 2. The highest BCUT2D eigenvalue weighted by atomic mass is 16.3. The van der Waals surface area contributed by atoms with Gasteiger partial charge in [0.15, 0.2) is 0 Å². The van der Waals surface area contributed by atoms with Crippen molar-refractivity contribution in [1.82, 2.24) is 19.7 Å². The molecule has 2 aromatic carbocycles. The van der Waals surface area contributed by atoms with Gasteiger partial charge in [-0.05, 0) is 61.7 Å². The molecule has 178 valence electrons. The molecule has 0 bridgehead atoms. The van der Waals surface area contributed by atoms with E-state index in [1.807, 2.05) is 37.3 Å². The Balaban J connectivity index is 1.39. The maximum Gasteiger partial charge on any atom is 0.342 e. The van der Waals surface area contributed by atoms with Crippen LogP contribution in [-0.2, 0) is 13.6 Å². The summed E-state index contributed by atoms with van der Waals surface area (Å²) in [7, 11) is 1.80. The molecule has 1 aliphatic carbocycles. The molecular formula is C27H27N5O3. The molecule has 0 aliphatic heterocycles. The Morgan fingerprint density at radius 3 is 2.63 bits per heavy atom. The predicted molar refractivity (Wildman–Crippen MR) is 133 cm³/mol. The van der Waals surface area contributed by atoms with Crippen LogP contribution in [0.1, 0.15) is 46.1 Å². The molecule has 1 fully saturated rings. The summed E-state index contributed by atoms with van der Waals surface area (Å²) < 4.78 is 3.13. The average molecular weight is 470 g/mol. The smallest absolute Gasteiger partial charge is 0.342 e. The van der Waals surface area contributed by atoms with Gasteiger partial charge in [-0.15, -0.1) is 0 Å². The second-order valence-electron chi connectivity index (χ2n) is 8.98. The number of hydrogen-bond donors (Lipinski definition) is 3. The Morgan fingerprint density at radius 1 is 1.09 bits per heavy atom. The predicted octanol–water partition coefficient (Wildman–Crippen LogP) is 4.79. The lowest BCUT2D eigenvalue weighted by Gasteiger charge is -2.09. The number of hydrogen-bond acceptors (Lipinski definition) is 4. The van der Waals surface area contributed by atoms with Crippen LogP contribution in [0.2, 0.25) is 0 Å². The van der Waals surface area contributed by atoms with Gasteiger partial charge in [0.2, 0.25) is 0 Å². The van der Waals surface area contributed by atoms with Crippen LogP contribution < -0.4 is 10.6 Å². The van der Waals surface area contributed by atoms with Crippen molar-refractivity contribution in [2.45, 2.75) is 32.2 Å². The Labute approximate surface area is 203 Å². The van der Waals surface area contributed by atoms with E-state index in [-0.39, 0.29) is 23.6 Å². The van der Waals surface area contributed by atoms with Gasteiger partial charge in [-0.1, -0.05) is 29.8 Å². The lowest BCUT2D eigenvalue weighted by molar-refractivity contribution is 0.101. The summed E-state index contributed by atoms with van der Waals surface area (Å²) in [6.07, 6.45) is 3.79. The lowest BCUT2D eigenvalue weighted by atomic mass is 10.1. The Kier molecular flexibility index (Phi) is 5.86. The fraction of sp³-hybridized carbons (Fsp3) is 0.222. The Morgan fingerprint density at radius 2 is 1.91 bits per heavy atom. The number of rotatable bonds is 6. The van der Waals surface area contributed by atoms with E-state index in [0.29, 0.717) is 29.2 Å². The maximum absolute atomic E-state index is 13.0. The van der Waals surface area contributed by atoms with Crippen LogP contribution >= 0.6 is 0 Å². The summed E-state index contributed by atoms with van der Waals surface area (Å²) in [4.78, 5) is 25.6. The van der Waals surface area contributed by atoms with E-state index in [1.165, 1.54) is 10.7 Å². The van der Waals surface area contributed by atoms with Crippen molar-refractivity contribution in [1.29, 1.82) is 0 Å². The van der Waals surface area contributed by atoms with E-state index < -0.39 is 0 Å². The molecule has 0 atom stereocenters. The molecular weight excluding hydrogens is 442 g/mol. The lowest BCUT2D eigenvalue weighted by Crippen LogP contribution is -2.30. The highest BCUT2D eigenvalue weighted by Crippen LogP contribution is 2.42. The number of phenolic OH excluding ortho intramolecular Hbond substituents is 1. The Hall–Kier alpha value is -4.33. The summed E-state index contributed by atoms with van der Waals surface area (Å²) in [5.74, 6) is 0.0336. The minimum Gasteiger partial charge on any atom is -0.507 e. The number of phenols is 1. The van der Waals surface area contributed by atoms with E-state index in [0.717, 1.165) is 29.7 Å². The first kappa shape index (κ1) is 22.5. The zero-order valence-corrected chi connectivity index (χ0v) is 19.7. The zero-order valence-electron chi connectivity index (χ0n) is 19.7. The van der Waals surface area contributed by atoms with E-state index in [1.54, 1.807) is 42.1 Å². The van der Waals surface area contributed by atoms with Crippen molar-refractivity contribution in [3.8, 4) is 17.0 Å². The van der Waals surface area contributed by atoms with Crippen LogP contribution in [0.15, 0.2) is 66.9 Å². The quantitative estimate of drug-likeness (QED) is 0.354. The standard InChI is InChI=1S/C27H27N5O3/c1-17-5-3-6-18(13-17)16-28-27(35)32-24(19-8-9-19)15-22(30-32)21-14-20(10-11-25(21)33)29-26(34)23-7-4-12-31(23)2/h3-7,10-15,19,33H,8-9,16H2,1-2H3,(H,28,35)(H,29,34). The van der Waals surface area contributed by atoms with Crippen LogP contribution in [0.3, 0.4) is 0 Å². The SMILES string of the molecule is Cc1cccc(CNC(=O)n2nc(-c3cc(NC(=O)c4cccn4C)ccc3O)cc2C2CC2)c1. The summed E-state index contributed by atoms with van der Waals surface area (Å²) in [5, 5.41) is 20.9. The van der Waals surface area contributed by atoms with Gasteiger partial charge < -0.3 is 20.3 Å². The second-order valence-corrected chi connectivity index (χ2v) is 8.98. The molecule has 3 N–H and O–H groups in total.